The molecule has 2 fully saturated rings. The van der Waals surface area contributed by atoms with Gasteiger partial charge in [-0.1, -0.05) is 20.8 Å². The van der Waals surface area contributed by atoms with Gasteiger partial charge in [-0.3, -0.25) is 0 Å². The van der Waals surface area contributed by atoms with Gasteiger partial charge in [-0.15, -0.1) is 0 Å². The van der Waals surface area contributed by atoms with Crippen LogP contribution in [-0.2, 0) is 4.74 Å². The normalized spacial score (nSPS) is 38.0. The van der Waals surface area contributed by atoms with E-state index in [0.717, 1.165) is 18.4 Å². The SMILES string of the molecule is CNC1CCC(C(C)(C)C)CC1CC1CCCO1. The summed E-state index contributed by atoms with van der Waals surface area (Å²) in [6, 6.07) is 0.716. The van der Waals surface area contributed by atoms with Crippen LogP contribution in [-0.4, -0.2) is 25.8 Å². The fourth-order valence-corrected chi connectivity index (χ4v) is 3.86. The highest BCUT2D eigenvalue weighted by molar-refractivity contribution is 4.90. The first kappa shape index (κ1) is 14.3. The van der Waals surface area contributed by atoms with Gasteiger partial charge in [0.25, 0.3) is 0 Å². The van der Waals surface area contributed by atoms with Gasteiger partial charge in [-0.05, 0) is 62.8 Å². The van der Waals surface area contributed by atoms with Gasteiger partial charge in [-0.25, -0.2) is 0 Å². The van der Waals surface area contributed by atoms with Crippen LogP contribution in [0.4, 0.5) is 0 Å². The Kier molecular flexibility index (Phi) is 4.71. The molecule has 0 aromatic rings. The van der Waals surface area contributed by atoms with Crippen molar-refractivity contribution in [2.75, 3.05) is 13.7 Å². The Hall–Kier alpha value is -0.0800. The van der Waals surface area contributed by atoms with E-state index in [2.05, 4.69) is 33.1 Å². The Morgan fingerprint density at radius 2 is 1.94 bits per heavy atom. The molecule has 2 nitrogen and oxygen atoms in total. The van der Waals surface area contributed by atoms with Crippen LogP contribution in [0.15, 0.2) is 0 Å². The maximum Gasteiger partial charge on any atom is 0.0579 e. The van der Waals surface area contributed by atoms with Gasteiger partial charge in [-0.2, -0.15) is 0 Å². The van der Waals surface area contributed by atoms with Crippen LogP contribution in [0.25, 0.3) is 0 Å². The van der Waals surface area contributed by atoms with E-state index < -0.39 is 0 Å². The zero-order chi connectivity index (χ0) is 13.2. The van der Waals surface area contributed by atoms with Crippen LogP contribution in [0.2, 0.25) is 0 Å². The van der Waals surface area contributed by atoms with E-state index >= 15 is 0 Å². The predicted molar refractivity (Wildman–Crippen MR) is 76.7 cm³/mol. The molecule has 0 amide bonds. The molecule has 106 valence electrons. The minimum absolute atomic E-state index is 0.466. The summed E-state index contributed by atoms with van der Waals surface area (Å²) in [6.45, 7) is 8.20. The van der Waals surface area contributed by atoms with Crippen LogP contribution < -0.4 is 5.32 Å². The molecule has 18 heavy (non-hydrogen) atoms. The smallest absolute Gasteiger partial charge is 0.0579 e. The quantitative estimate of drug-likeness (QED) is 0.829. The zero-order valence-corrected chi connectivity index (χ0v) is 12.7. The summed E-state index contributed by atoms with van der Waals surface area (Å²) in [6.07, 6.45) is 8.49. The molecule has 2 rings (SSSR count). The van der Waals surface area contributed by atoms with Crippen molar-refractivity contribution < 1.29 is 4.74 Å². The van der Waals surface area contributed by atoms with E-state index in [1.807, 2.05) is 0 Å². The van der Waals surface area contributed by atoms with Crippen LogP contribution in [0.5, 0.6) is 0 Å². The van der Waals surface area contributed by atoms with Crippen molar-refractivity contribution >= 4 is 0 Å². The monoisotopic (exact) mass is 253 g/mol. The second-order valence-corrected chi connectivity index (χ2v) is 7.40. The van der Waals surface area contributed by atoms with E-state index in [9.17, 15) is 0 Å². The molecule has 1 heterocycles. The Labute approximate surface area is 113 Å². The average molecular weight is 253 g/mol. The highest BCUT2D eigenvalue weighted by Gasteiger charge is 2.36. The Balaban J connectivity index is 1.94. The largest absolute Gasteiger partial charge is 0.378 e. The average Bonchev–Trinajstić information content (AvgIpc) is 2.80. The van der Waals surface area contributed by atoms with Crippen molar-refractivity contribution in [1.82, 2.24) is 5.32 Å². The molecular weight excluding hydrogens is 222 g/mol. The molecule has 1 aliphatic carbocycles. The zero-order valence-electron chi connectivity index (χ0n) is 12.7. The minimum Gasteiger partial charge on any atom is -0.378 e. The van der Waals surface area contributed by atoms with Crippen LogP contribution in [0.1, 0.15) is 59.3 Å². The molecule has 0 aromatic heterocycles. The Morgan fingerprint density at radius 1 is 1.17 bits per heavy atom. The number of hydrogen-bond acceptors (Lipinski definition) is 2. The third kappa shape index (κ3) is 3.48. The molecule has 1 N–H and O–H groups in total. The van der Waals surface area contributed by atoms with Crippen molar-refractivity contribution in [2.45, 2.75) is 71.4 Å². The maximum absolute atomic E-state index is 5.84. The molecule has 2 aliphatic rings. The maximum atomic E-state index is 5.84. The predicted octanol–water partition coefficient (Wildman–Crippen LogP) is 3.61. The topological polar surface area (TPSA) is 21.3 Å². The summed E-state index contributed by atoms with van der Waals surface area (Å²) in [5.74, 6) is 1.70. The first-order valence-electron chi connectivity index (χ1n) is 7.79. The van der Waals surface area contributed by atoms with E-state index in [1.54, 1.807) is 0 Å². The molecule has 0 radical (unpaired) electrons. The van der Waals surface area contributed by atoms with Gasteiger partial charge in [0.1, 0.15) is 0 Å². The summed E-state index contributed by atoms with van der Waals surface area (Å²) < 4.78 is 5.84. The first-order chi connectivity index (χ1) is 8.50. The fourth-order valence-electron chi connectivity index (χ4n) is 3.86. The van der Waals surface area contributed by atoms with Gasteiger partial charge in [0.2, 0.25) is 0 Å². The van der Waals surface area contributed by atoms with E-state index in [0.29, 0.717) is 17.6 Å². The lowest BCUT2D eigenvalue weighted by atomic mass is 9.66. The highest BCUT2D eigenvalue weighted by atomic mass is 16.5. The van der Waals surface area contributed by atoms with Crippen LogP contribution in [0.3, 0.4) is 0 Å². The van der Waals surface area contributed by atoms with E-state index in [1.165, 1.54) is 38.5 Å². The lowest BCUT2D eigenvalue weighted by molar-refractivity contribution is 0.0513. The van der Waals surface area contributed by atoms with Gasteiger partial charge < -0.3 is 10.1 Å². The minimum atomic E-state index is 0.466. The molecule has 1 saturated heterocycles. The van der Waals surface area contributed by atoms with Gasteiger partial charge >= 0.3 is 0 Å². The van der Waals surface area contributed by atoms with E-state index in [4.69, 9.17) is 4.74 Å². The van der Waals surface area contributed by atoms with Crippen LogP contribution in [0, 0.1) is 17.3 Å². The van der Waals surface area contributed by atoms with Gasteiger partial charge in [0, 0.05) is 12.6 Å². The molecule has 0 spiro atoms. The first-order valence-corrected chi connectivity index (χ1v) is 7.79. The Bertz CT molecular complexity index is 252. The lowest BCUT2D eigenvalue weighted by Crippen LogP contribution is -2.42. The number of rotatable bonds is 3. The van der Waals surface area contributed by atoms with Crippen molar-refractivity contribution in [2.24, 2.45) is 17.3 Å². The molecule has 2 heteroatoms. The summed E-state index contributed by atoms with van der Waals surface area (Å²) in [5.41, 5.74) is 0.466. The van der Waals surface area contributed by atoms with Crippen molar-refractivity contribution in [3.8, 4) is 0 Å². The fraction of sp³-hybridized carbons (Fsp3) is 1.00. The van der Waals surface area contributed by atoms with Crippen molar-refractivity contribution in [3.05, 3.63) is 0 Å². The number of hydrogen-bond donors (Lipinski definition) is 1. The molecule has 4 unspecified atom stereocenters. The highest BCUT2D eigenvalue weighted by Crippen LogP contribution is 2.42. The third-order valence-corrected chi connectivity index (χ3v) is 5.17. The van der Waals surface area contributed by atoms with Crippen LogP contribution >= 0.6 is 0 Å². The number of ether oxygens (including phenoxy) is 1. The van der Waals surface area contributed by atoms with Crippen molar-refractivity contribution in [1.29, 1.82) is 0 Å². The number of nitrogens with one attached hydrogen (secondary N) is 1. The molecule has 0 bridgehead atoms. The molecule has 0 aromatic carbocycles. The summed E-state index contributed by atoms with van der Waals surface area (Å²) in [7, 11) is 2.13. The van der Waals surface area contributed by atoms with Gasteiger partial charge in [0.15, 0.2) is 0 Å². The molecular formula is C16H31NO. The third-order valence-electron chi connectivity index (χ3n) is 5.17. The van der Waals surface area contributed by atoms with E-state index in [-0.39, 0.29) is 0 Å². The summed E-state index contributed by atoms with van der Waals surface area (Å²) in [5, 5.41) is 3.54. The molecule has 1 saturated carbocycles. The standard InChI is InChI=1S/C16H31NO/c1-16(2,3)13-7-8-15(17-4)12(10-13)11-14-6-5-9-18-14/h12-15,17H,5-11H2,1-4H3. The lowest BCUT2D eigenvalue weighted by Gasteiger charge is -2.42. The Morgan fingerprint density at radius 3 is 2.50 bits per heavy atom. The van der Waals surface area contributed by atoms with Gasteiger partial charge in [0.05, 0.1) is 6.10 Å². The summed E-state index contributed by atoms with van der Waals surface area (Å²) in [4.78, 5) is 0. The molecule has 4 atom stereocenters. The second-order valence-electron chi connectivity index (χ2n) is 7.40. The van der Waals surface area contributed by atoms with Crippen molar-refractivity contribution in [3.63, 3.8) is 0 Å². The summed E-state index contributed by atoms with van der Waals surface area (Å²) >= 11 is 0. The molecule has 1 aliphatic heterocycles. The second kappa shape index (κ2) is 5.92.